The molecular formula is C16H25NO2. The molecule has 0 aliphatic rings. The van der Waals surface area contributed by atoms with E-state index in [1.807, 2.05) is 24.3 Å². The third-order valence-electron chi connectivity index (χ3n) is 3.66. The number of hydrogen-bond acceptors (Lipinski definition) is 2. The molecule has 0 atom stereocenters. The van der Waals surface area contributed by atoms with Crippen LogP contribution in [0.25, 0.3) is 0 Å². The van der Waals surface area contributed by atoms with Gasteiger partial charge >= 0.3 is 0 Å². The lowest BCUT2D eigenvalue weighted by molar-refractivity contribution is 0.0869. The molecule has 0 heterocycles. The third kappa shape index (κ3) is 4.06. The molecule has 0 aromatic heterocycles. The van der Waals surface area contributed by atoms with Crippen LogP contribution in [0.5, 0.6) is 0 Å². The average Bonchev–Trinajstić information content (AvgIpc) is 2.38. The number of hydrogen-bond donors (Lipinski definition) is 2. The smallest absolute Gasteiger partial charge is 0.251 e. The van der Waals surface area contributed by atoms with Gasteiger partial charge in [-0.2, -0.15) is 0 Å². The molecule has 0 radical (unpaired) electrons. The van der Waals surface area contributed by atoms with Gasteiger partial charge in [-0.1, -0.05) is 32.9 Å². The Labute approximate surface area is 116 Å². The van der Waals surface area contributed by atoms with Crippen molar-refractivity contribution >= 4 is 5.91 Å². The number of carbonyl (C=O) groups is 1. The van der Waals surface area contributed by atoms with Gasteiger partial charge in [0.2, 0.25) is 0 Å². The Morgan fingerprint density at radius 1 is 1.16 bits per heavy atom. The molecule has 0 aliphatic heterocycles. The van der Waals surface area contributed by atoms with Gasteiger partial charge < -0.3 is 10.4 Å². The number of rotatable bonds is 5. The van der Waals surface area contributed by atoms with Crippen molar-refractivity contribution in [2.24, 2.45) is 0 Å². The fraction of sp³-hybridized carbons (Fsp3) is 0.562. The molecule has 0 fully saturated rings. The topological polar surface area (TPSA) is 49.3 Å². The second-order valence-electron chi connectivity index (χ2n) is 6.31. The van der Waals surface area contributed by atoms with Gasteiger partial charge in [0.05, 0.1) is 12.1 Å². The number of aliphatic hydroxyl groups is 1. The molecule has 3 nitrogen and oxygen atoms in total. The van der Waals surface area contributed by atoms with Crippen LogP contribution in [0.2, 0.25) is 0 Å². The second-order valence-corrected chi connectivity index (χ2v) is 6.31. The summed E-state index contributed by atoms with van der Waals surface area (Å²) in [5.41, 5.74) is 1.38. The molecule has 0 bridgehead atoms. The highest BCUT2D eigenvalue weighted by Gasteiger charge is 2.21. The monoisotopic (exact) mass is 263 g/mol. The van der Waals surface area contributed by atoms with Crippen molar-refractivity contribution in [3.05, 3.63) is 35.4 Å². The molecule has 1 amide bonds. The molecule has 19 heavy (non-hydrogen) atoms. The van der Waals surface area contributed by atoms with E-state index in [0.717, 1.165) is 6.42 Å². The van der Waals surface area contributed by atoms with Crippen LogP contribution in [0.1, 0.15) is 57.0 Å². The van der Waals surface area contributed by atoms with Gasteiger partial charge in [0.1, 0.15) is 0 Å². The molecular weight excluding hydrogens is 238 g/mol. The minimum absolute atomic E-state index is 0.0836. The zero-order valence-electron chi connectivity index (χ0n) is 12.6. The van der Waals surface area contributed by atoms with Gasteiger partial charge in [-0.3, -0.25) is 4.79 Å². The van der Waals surface area contributed by atoms with Gasteiger partial charge in [-0.15, -0.1) is 0 Å². The van der Waals surface area contributed by atoms with Crippen molar-refractivity contribution in [2.75, 3.05) is 6.61 Å². The Hall–Kier alpha value is -1.35. The lowest BCUT2D eigenvalue weighted by Crippen LogP contribution is -2.46. The molecule has 1 rings (SSSR count). The first-order chi connectivity index (χ1) is 8.72. The predicted octanol–water partition coefficient (Wildman–Crippen LogP) is 2.87. The van der Waals surface area contributed by atoms with E-state index in [9.17, 15) is 4.79 Å². The number of aliphatic hydroxyl groups excluding tert-OH is 1. The highest BCUT2D eigenvalue weighted by Crippen LogP contribution is 2.26. The molecule has 0 saturated carbocycles. The SMILES string of the molecule is CCC(C)(C)c1ccc(C(=O)NC(C)(C)CO)cc1. The molecule has 0 spiro atoms. The van der Waals surface area contributed by atoms with Gasteiger partial charge in [-0.25, -0.2) is 0 Å². The number of carbonyl (C=O) groups excluding carboxylic acids is 1. The Kier molecular flexibility index (Phi) is 4.75. The first-order valence-corrected chi connectivity index (χ1v) is 6.76. The van der Waals surface area contributed by atoms with Crippen LogP contribution in [0.15, 0.2) is 24.3 Å². The predicted molar refractivity (Wildman–Crippen MR) is 78.4 cm³/mol. The van der Waals surface area contributed by atoms with E-state index in [-0.39, 0.29) is 17.9 Å². The first kappa shape index (κ1) is 15.7. The maximum Gasteiger partial charge on any atom is 0.251 e. The summed E-state index contributed by atoms with van der Waals surface area (Å²) in [6.45, 7) is 10.0. The van der Waals surface area contributed by atoms with E-state index >= 15 is 0 Å². The molecule has 3 heteroatoms. The van der Waals surface area contributed by atoms with Crippen molar-refractivity contribution in [3.8, 4) is 0 Å². The first-order valence-electron chi connectivity index (χ1n) is 6.76. The molecule has 1 aromatic carbocycles. The summed E-state index contributed by atoms with van der Waals surface area (Å²) in [4.78, 5) is 12.0. The number of nitrogens with one attached hydrogen (secondary N) is 1. The van der Waals surface area contributed by atoms with Crippen LogP contribution < -0.4 is 5.32 Å². The molecule has 1 aromatic rings. The third-order valence-corrected chi connectivity index (χ3v) is 3.66. The summed E-state index contributed by atoms with van der Waals surface area (Å²) in [7, 11) is 0. The van der Waals surface area contributed by atoms with Gasteiger partial charge in [0, 0.05) is 5.56 Å². The van der Waals surface area contributed by atoms with Crippen molar-refractivity contribution in [1.82, 2.24) is 5.32 Å². The molecule has 0 unspecified atom stereocenters. The summed E-state index contributed by atoms with van der Waals surface area (Å²) in [5, 5.41) is 12.0. The normalized spacial score (nSPS) is 12.3. The lowest BCUT2D eigenvalue weighted by atomic mass is 9.82. The average molecular weight is 263 g/mol. The van der Waals surface area contributed by atoms with Crippen LogP contribution in [0, 0.1) is 0 Å². The van der Waals surface area contributed by atoms with E-state index in [1.165, 1.54) is 5.56 Å². The minimum Gasteiger partial charge on any atom is -0.394 e. The van der Waals surface area contributed by atoms with Crippen molar-refractivity contribution in [1.29, 1.82) is 0 Å². The van der Waals surface area contributed by atoms with Crippen LogP contribution in [0.3, 0.4) is 0 Å². The van der Waals surface area contributed by atoms with Crippen molar-refractivity contribution < 1.29 is 9.90 Å². The van der Waals surface area contributed by atoms with E-state index in [4.69, 9.17) is 5.11 Å². The maximum atomic E-state index is 12.0. The maximum absolute atomic E-state index is 12.0. The lowest BCUT2D eigenvalue weighted by Gasteiger charge is -2.25. The zero-order valence-corrected chi connectivity index (χ0v) is 12.6. The van der Waals surface area contributed by atoms with E-state index in [2.05, 4.69) is 26.1 Å². The van der Waals surface area contributed by atoms with Crippen LogP contribution in [-0.4, -0.2) is 23.2 Å². The molecule has 106 valence electrons. The fourth-order valence-corrected chi connectivity index (χ4v) is 1.70. The molecule has 2 N–H and O–H groups in total. The quantitative estimate of drug-likeness (QED) is 0.858. The summed E-state index contributed by atoms with van der Waals surface area (Å²) in [6, 6.07) is 7.69. The summed E-state index contributed by atoms with van der Waals surface area (Å²) >= 11 is 0. The van der Waals surface area contributed by atoms with E-state index in [1.54, 1.807) is 13.8 Å². The van der Waals surface area contributed by atoms with E-state index in [0.29, 0.717) is 5.56 Å². The van der Waals surface area contributed by atoms with Crippen molar-refractivity contribution in [2.45, 2.75) is 52.0 Å². The standard InChI is InChI=1S/C16H25NO2/c1-6-15(2,3)13-9-7-12(8-10-13)14(19)17-16(4,5)11-18/h7-10,18H,6,11H2,1-5H3,(H,17,19). The molecule has 0 aliphatic carbocycles. The van der Waals surface area contributed by atoms with Gasteiger partial charge in [0.15, 0.2) is 0 Å². The zero-order chi connectivity index (χ0) is 14.7. The number of benzene rings is 1. The summed E-state index contributed by atoms with van der Waals surface area (Å²) in [5.74, 6) is -0.153. The largest absolute Gasteiger partial charge is 0.394 e. The number of amides is 1. The van der Waals surface area contributed by atoms with Crippen LogP contribution in [-0.2, 0) is 5.41 Å². The Morgan fingerprint density at radius 3 is 2.11 bits per heavy atom. The van der Waals surface area contributed by atoms with Crippen LogP contribution >= 0.6 is 0 Å². The van der Waals surface area contributed by atoms with Gasteiger partial charge in [-0.05, 0) is 43.4 Å². The van der Waals surface area contributed by atoms with E-state index < -0.39 is 5.54 Å². The summed E-state index contributed by atoms with van der Waals surface area (Å²) in [6.07, 6.45) is 1.05. The van der Waals surface area contributed by atoms with Crippen LogP contribution in [0.4, 0.5) is 0 Å². The van der Waals surface area contributed by atoms with Gasteiger partial charge in [0.25, 0.3) is 5.91 Å². The second kappa shape index (κ2) is 5.74. The van der Waals surface area contributed by atoms with Crippen molar-refractivity contribution in [3.63, 3.8) is 0 Å². The fourth-order valence-electron chi connectivity index (χ4n) is 1.70. The Morgan fingerprint density at radius 2 is 1.68 bits per heavy atom. The summed E-state index contributed by atoms with van der Waals surface area (Å²) < 4.78 is 0. The Bertz CT molecular complexity index is 433. The highest BCUT2D eigenvalue weighted by molar-refractivity contribution is 5.94. The highest BCUT2D eigenvalue weighted by atomic mass is 16.3. The Balaban J connectivity index is 2.85. The molecule has 0 saturated heterocycles. The minimum atomic E-state index is -0.599.